The first-order chi connectivity index (χ1) is 14.0. The largest absolute Gasteiger partial charge is 1.00 e. The van der Waals surface area contributed by atoms with Gasteiger partial charge in [0, 0.05) is 6.54 Å². The molecule has 5 nitrogen and oxygen atoms in total. The first-order valence-corrected chi connectivity index (χ1v) is 13.4. The van der Waals surface area contributed by atoms with Crippen LogP contribution in [-0.4, -0.2) is 31.2 Å². The Morgan fingerprint density at radius 3 is 1.73 bits per heavy atom. The van der Waals surface area contributed by atoms with Gasteiger partial charge in [-0.2, -0.15) is 8.42 Å². The molecule has 0 unspecified atom stereocenters. The quantitative estimate of drug-likeness (QED) is 0.0920. The molecule has 0 heterocycles. The van der Waals surface area contributed by atoms with E-state index in [1.54, 1.807) is 0 Å². The fourth-order valence-corrected chi connectivity index (χ4v) is 3.85. The monoisotopic (exact) mass is 469 g/mol. The Morgan fingerprint density at radius 2 is 1.27 bits per heavy atom. The van der Waals surface area contributed by atoms with Crippen molar-refractivity contribution in [3.63, 3.8) is 0 Å². The van der Waals surface area contributed by atoms with Gasteiger partial charge in [-0.25, -0.2) is 0 Å². The number of rotatable bonds is 21. The molecular weight excluding hydrogens is 425 g/mol. The Kier molecular flexibility index (Phi) is 26.8. The molecule has 0 amide bonds. The summed E-state index contributed by atoms with van der Waals surface area (Å²) in [6.07, 6.45) is 23.9. The summed E-state index contributed by atoms with van der Waals surface area (Å²) in [5.41, 5.74) is 0. The molecule has 0 bridgehead atoms. The van der Waals surface area contributed by atoms with Gasteiger partial charge >= 0.3 is 51.4 Å². The average Bonchev–Trinajstić information content (AvgIpc) is 2.66. The van der Waals surface area contributed by atoms with E-state index in [4.69, 9.17) is 4.55 Å². The number of hydrogen-bond donors (Lipinski definition) is 1. The van der Waals surface area contributed by atoms with Crippen LogP contribution in [0.15, 0.2) is 17.1 Å². The minimum Gasteiger partial charge on any atom is -0.859 e. The zero-order valence-corrected chi connectivity index (χ0v) is 23.6. The van der Waals surface area contributed by atoms with Gasteiger partial charge in [0.05, 0.1) is 5.75 Å². The second-order valence-electron chi connectivity index (χ2n) is 8.00. The summed E-state index contributed by atoms with van der Waals surface area (Å²) in [5.74, 6) is -0.534. The summed E-state index contributed by atoms with van der Waals surface area (Å²) in [6, 6.07) is 0. The Hall–Kier alpha value is 0.756. The van der Waals surface area contributed by atoms with Crippen LogP contribution in [0.1, 0.15) is 116 Å². The van der Waals surface area contributed by atoms with Crippen LogP contribution in [0.5, 0.6) is 0 Å². The normalized spacial score (nSPS) is 12.4. The molecule has 30 heavy (non-hydrogen) atoms. The number of allylic oxidation sites excluding steroid dienone is 1. The summed E-state index contributed by atoms with van der Waals surface area (Å²) >= 11 is 0. The Bertz CT molecular complexity index is 521. The van der Waals surface area contributed by atoms with E-state index in [9.17, 15) is 13.5 Å². The molecular formula is C23H44KNO4S. The molecule has 0 atom stereocenters. The number of nitrogens with zero attached hydrogens (tertiary/aromatic N) is 1. The summed E-state index contributed by atoms with van der Waals surface area (Å²) in [6.45, 7) is 2.57. The van der Waals surface area contributed by atoms with Crippen LogP contribution in [0.4, 0.5) is 0 Å². The smallest absolute Gasteiger partial charge is 0.859 e. The molecule has 0 aliphatic heterocycles. The van der Waals surface area contributed by atoms with Crippen LogP contribution in [0.2, 0.25) is 0 Å². The maximum atomic E-state index is 11.5. The first kappa shape index (κ1) is 32.9. The minimum atomic E-state index is -3.90. The van der Waals surface area contributed by atoms with Gasteiger partial charge in [0.15, 0.2) is 0 Å². The Morgan fingerprint density at radius 1 is 0.800 bits per heavy atom. The van der Waals surface area contributed by atoms with Gasteiger partial charge in [-0.15, -0.1) is 0 Å². The van der Waals surface area contributed by atoms with Gasteiger partial charge in [-0.3, -0.25) is 4.55 Å². The predicted molar refractivity (Wildman–Crippen MR) is 122 cm³/mol. The fourth-order valence-electron chi connectivity index (χ4n) is 3.28. The van der Waals surface area contributed by atoms with Gasteiger partial charge < -0.3 is 10.1 Å². The molecule has 0 fully saturated rings. The van der Waals surface area contributed by atoms with Crippen molar-refractivity contribution in [3.05, 3.63) is 12.2 Å². The second-order valence-corrected chi connectivity index (χ2v) is 9.57. The summed E-state index contributed by atoms with van der Waals surface area (Å²) in [4.78, 5) is 3.85. The molecule has 0 aliphatic carbocycles. The molecule has 0 saturated carbocycles. The van der Waals surface area contributed by atoms with Gasteiger partial charge in [-0.05, 0) is 31.6 Å². The standard InChI is InChI=1S/C23H45NO4S.K/c1-2-3-4-5-6-7-8-9-10-11-12-13-14-15-16-17-20-23(25)24-21-18-19-22-29(26,27)28;/h17,20H,2-16,18-19,21-22H2,1H3,(H,24,25)(H,26,27,28);/q;+1/p-1/b20-17+;. The molecule has 0 saturated heterocycles. The van der Waals surface area contributed by atoms with Gasteiger partial charge in [-0.1, -0.05) is 103 Å². The topological polar surface area (TPSA) is 89.8 Å². The van der Waals surface area contributed by atoms with E-state index < -0.39 is 10.1 Å². The van der Waals surface area contributed by atoms with Crippen LogP contribution in [0.3, 0.4) is 0 Å². The van der Waals surface area contributed by atoms with Crippen molar-refractivity contribution in [2.45, 2.75) is 116 Å². The molecule has 7 heteroatoms. The van der Waals surface area contributed by atoms with E-state index in [0.29, 0.717) is 19.4 Å². The second kappa shape index (κ2) is 24.4. The van der Waals surface area contributed by atoms with E-state index in [-0.39, 0.29) is 63.0 Å². The van der Waals surface area contributed by atoms with E-state index in [1.807, 2.05) is 6.08 Å². The SMILES string of the molecule is CCCCCCCCCCCCCCCC/C=C/C([O-])=NCCCCS(=O)(=O)O.[K+]. The predicted octanol–water partition coefficient (Wildman–Crippen LogP) is 2.84. The zero-order valence-electron chi connectivity index (χ0n) is 19.6. The first-order valence-electron chi connectivity index (χ1n) is 11.8. The van der Waals surface area contributed by atoms with Crippen molar-refractivity contribution in [3.8, 4) is 0 Å². The Balaban J connectivity index is 0. The van der Waals surface area contributed by atoms with Crippen LogP contribution in [0.25, 0.3) is 0 Å². The van der Waals surface area contributed by atoms with E-state index >= 15 is 0 Å². The number of unbranched alkanes of at least 4 members (excludes halogenated alkanes) is 15. The molecule has 0 aromatic carbocycles. The van der Waals surface area contributed by atoms with Crippen LogP contribution in [0, 0.1) is 0 Å². The maximum Gasteiger partial charge on any atom is 1.00 e. The Labute approximate surface area is 228 Å². The maximum absolute atomic E-state index is 11.5. The van der Waals surface area contributed by atoms with Crippen molar-refractivity contribution in [2.75, 3.05) is 12.3 Å². The summed E-state index contributed by atoms with van der Waals surface area (Å²) in [7, 11) is -3.90. The molecule has 0 aliphatic rings. The van der Waals surface area contributed by atoms with Crippen molar-refractivity contribution < 1.29 is 69.5 Å². The van der Waals surface area contributed by atoms with E-state index in [1.165, 1.54) is 89.5 Å². The molecule has 0 aromatic rings. The van der Waals surface area contributed by atoms with Crippen LogP contribution >= 0.6 is 0 Å². The van der Waals surface area contributed by atoms with E-state index in [2.05, 4.69) is 11.9 Å². The van der Waals surface area contributed by atoms with Crippen molar-refractivity contribution in [1.29, 1.82) is 0 Å². The number of hydrogen-bond acceptors (Lipinski definition) is 4. The number of aliphatic imine (C=N–C) groups is 1. The fraction of sp³-hybridized carbons (Fsp3) is 0.870. The molecule has 0 aromatic heterocycles. The molecule has 0 radical (unpaired) electrons. The average molecular weight is 470 g/mol. The van der Waals surface area contributed by atoms with Crippen LogP contribution < -0.4 is 56.5 Å². The van der Waals surface area contributed by atoms with E-state index in [0.717, 1.165) is 12.8 Å². The van der Waals surface area contributed by atoms with Crippen molar-refractivity contribution in [1.82, 2.24) is 0 Å². The summed E-state index contributed by atoms with van der Waals surface area (Å²) in [5, 5.41) is 11.5. The van der Waals surface area contributed by atoms with Gasteiger partial charge in [0.2, 0.25) is 0 Å². The third-order valence-corrected chi connectivity index (χ3v) is 5.87. The molecule has 0 spiro atoms. The van der Waals surface area contributed by atoms with Crippen molar-refractivity contribution >= 4 is 16.0 Å². The van der Waals surface area contributed by atoms with Crippen molar-refractivity contribution in [2.24, 2.45) is 4.99 Å². The zero-order chi connectivity index (χ0) is 21.6. The third kappa shape index (κ3) is 28.8. The van der Waals surface area contributed by atoms with Crippen LogP contribution in [-0.2, 0) is 10.1 Å². The third-order valence-electron chi connectivity index (χ3n) is 5.06. The van der Waals surface area contributed by atoms with Gasteiger partial charge in [0.1, 0.15) is 0 Å². The minimum absolute atomic E-state index is 0. The molecule has 172 valence electrons. The molecule has 1 N–H and O–H groups in total. The molecule has 0 rings (SSSR count). The van der Waals surface area contributed by atoms with Gasteiger partial charge in [0.25, 0.3) is 10.1 Å². The summed E-state index contributed by atoms with van der Waals surface area (Å²) < 4.78 is 29.7.